The first-order chi connectivity index (χ1) is 8.77. The van der Waals surface area contributed by atoms with Crippen LogP contribution in [0.1, 0.15) is 21.7 Å². The van der Waals surface area contributed by atoms with Crippen LogP contribution in [0.5, 0.6) is 5.75 Å². The van der Waals surface area contributed by atoms with Crippen molar-refractivity contribution in [3.05, 3.63) is 40.3 Å². The summed E-state index contributed by atoms with van der Waals surface area (Å²) in [4.78, 5) is 18.5. The maximum Gasteiger partial charge on any atom is 0.270 e. The lowest BCUT2D eigenvalue weighted by Gasteiger charge is -2.29. The molecule has 18 heavy (non-hydrogen) atoms. The highest BCUT2D eigenvalue weighted by molar-refractivity contribution is 7.11. The van der Waals surface area contributed by atoms with Crippen molar-refractivity contribution in [1.29, 1.82) is 0 Å². The van der Waals surface area contributed by atoms with Crippen molar-refractivity contribution in [2.24, 2.45) is 0 Å². The van der Waals surface area contributed by atoms with Crippen LogP contribution >= 0.6 is 11.3 Å². The number of aryl methyl sites for hydroxylation is 1. The monoisotopic (exact) mass is 260 g/mol. The van der Waals surface area contributed by atoms with Crippen LogP contribution < -0.4 is 4.90 Å². The lowest BCUT2D eigenvalue weighted by molar-refractivity contribution is 0.0988. The average Bonchev–Trinajstić information content (AvgIpc) is 2.91. The van der Waals surface area contributed by atoms with E-state index in [4.69, 9.17) is 0 Å². The van der Waals surface area contributed by atoms with Crippen molar-refractivity contribution in [1.82, 2.24) is 4.98 Å². The van der Waals surface area contributed by atoms with Gasteiger partial charge in [-0.25, -0.2) is 0 Å². The second-order valence-corrected chi connectivity index (χ2v) is 5.10. The lowest BCUT2D eigenvalue weighted by atomic mass is 10.0. The van der Waals surface area contributed by atoms with Crippen LogP contribution in [-0.4, -0.2) is 22.5 Å². The standard InChI is InChI=1S/C13H12N2O2S/c16-10-5-1-3-9-4-2-6-15(12(9)10)13(17)11-7-14-8-18-11/h1,3,5,7-8,16H,2,4,6H2. The number of aromatic nitrogens is 1. The number of fused-ring (bicyclic) bond motifs is 1. The fraction of sp³-hybridized carbons (Fsp3) is 0.231. The van der Waals surface area contributed by atoms with Gasteiger partial charge in [-0.2, -0.15) is 0 Å². The van der Waals surface area contributed by atoms with Gasteiger partial charge in [0, 0.05) is 6.54 Å². The molecule has 4 nitrogen and oxygen atoms in total. The van der Waals surface area contributed by atoms with E-state index in [1.54, 1.807) is 22.7 Å². The fourth-order valence-electron chi connectivity index (χ4n) is 2.29. The second-order valence-electron chi connectivity index (χ2n) is 4.21. The molecule has 1 aliphatic rings. The zero-order valence-corrected chi connectivity index (χ0v) is 10.5. The zero-order chi connectivity index (χ0) is 12.5. The number of phenolic OH excluding ortho intramolecular Hbond substituents is 1. The first-order valence-electron chi connectivity index (χ1n) is 5.78. The fourth-order valence-corrected chi connectivity index (χ4v) is 2.86. The maximum absolute atomic E-state index is 12.4. The molecule has 2 heterocycles. The van der Waals surface area contributed by atoms with E-state index in [0.29, 0.717) is 17.1 Å². The summed E-state index contributed by atoms with van der Waals surface area (Å²) in [5.74, 6) is 0.0880. The van der Waals surface area contributed by atoms with E-state index in [9.17, 15) is 9.90 Å². The van der Waals surface area contributed by atoms with Crippen LogP contribution in [0.4, 0.5) is 5.69 Å². The van der Waals surface area contributed by atoms with Gasteiger partial charge in [0.15, 0.2) is 0 Å². The molecule has 1 amide bonds. The molecule has 5 heteroatoms. The minimum atomic E-state index is -0.0834. The third kappa shape index (κ3) is 1.76. The van der Waals surface area contributed by atoms with Crippen molar-refractivity contribution < 1.29 is 9.90 Å². The minimum Gasteiger partial charge on any atom is -0.506 e. The van der Waals surface area contributed by atoms with Crippen molar-refractivity contribution in [3.8, 4) is 5.75 Å². The Kier molecular flexibility index (Phi) is 2.76. The average molecular weight is 260 g/mol. The predicted molar refractivity (Wildman–Crippen MR) is 70.2 cm³/mol. The summed E-state index contributed by atoms with van der Waals surface area (Å²) < 4.78 is 0. The highest BCUT2D eigenvalue weighted by Crippen LogP contribution is 2.36. The number of para-hydroxylation sites is 1. The van der Waals surface area contributed by atoms with Gasteiger partial charge < -0.3 is 10.0 Å². The van der Waals surface area contributed by atoms with Crippen molar-refractivity contribution in [2.75, 3.05) is 11.4 Å². The number of aromatic hydroxyl groups is 1. The van der Waals surface area contributed by atoms with Crippen LogP contribution in [0.15, 0.2) is 29.9 Å². The Morgan fingerprint density at radius 2 is 2.33 bits per heavy atom. The zero-order valence-electron chi connectivity index (χ0n) is 9.67. The number of hydrogen-bond acceptors (Lipinski definition) is 4. The molecule has 0 radical (unpaired) electrons. The molecule has 0 unspecified atom stereocenters. The summed E-state index contributed by atoms with van der Waals surface area (Å²) in [7, 11) is 0. The summed E-state index contributed by atoms with van der Waals surface area (Å²) in [6, 6.07) is 5.40. The normalized spacial score (nSPS) is 14.3. The molecule has 2 aromatic rings. The van der Waals surface area contributed by atoms with Gasteiger partial charge in [-0.15, -0.1) is 11.3 Å². The van der Waals surface area contributed by atoms with E-state index in [0.717, 1.165) is 18.4 Å². The number of rotatable bonds is 1. The molecular formula is C13H12N2O2S. The Morgan fingerprint density at radius 3 is 3.11 bits per heavy atom. The van der Waals surface area contributed by atoms with Crippen LogP contribution in [-0.2, 0) is 6.42 Å². The molecule has 0 aliphatic carbocycles. The molecular weight excluding hydrogens is 248 g/mol. The SMILES string of the molecule is O=C(c1cncs1)N1CCCc2cccc(O)c21. The van der Waals surface area contributed by atoms with E-state index in [2.05, 4.69) is 4.98 Å². The molecule has 0 bridgehead atoms. The van der Waals surface area contributed by atoms with E-state index < -0.39 is 0 Å². The topological polar surface area (TPSA) is 53.4 Å². The van der Waals surface area contributed by atoms with Crippen molar-refractivity contribution in [3.63, 3.8) is 0 Å². The largest absolute Gasteiger partial charge is 0.506 e. The molecule has 1 aromatic heterocycles. The Bertz CT molecular complexity index is 581. The molecule has 0 fully saturated rings. The Balaban J connectivity index is 2.04. The van der Waals surface area contributed by atoms with E-state index >= 15 is 0 Å². The maximum atomic E-state index is 12.4. The quantitative estimate of drug-likeness (QED) is 0.856. The molecule has 0 atom stereocenters. The number of phenols is 1. The Morgan fingerprint density at radius 1 is 1.44 bits per heavy atom. The summed E-state index contributed by atoms with van der Waals surface area (Å²) in [5.41, 5.74) is 3.32. The number of benzene rings is 1. The predicted octanol–water partition coefficient (Wildman–Crippen LogP) is 2.44. The van der Waals surface area contributed by atoms with Crippen LogP contribution in [0.2, 0.25) is 0 Å². The number of thiazole rings is 1. The van der Waals surface area contributed by atoms with Gasteiger partial charge in [0.1, 0.15) is 10.6 Å². The van der Waals surface area contributed by atoms with E-state index in [1.807, 2.05) is 12.1 Å². The van der Waals surface area contributed by atoms with E-state index in [1.165, 1.54) is 11.3 Å². The van der Waals surface area contributed by atoms with Gasteiger partial charge in [0.2, 0.25) is 0 Å². The van der Waals surface area contributed by atoms with Gasteiger partial charge in [0.25, 0.3) is 5.91 Å². The first-order valence-corrected chi connectivity index (χ1v) is 6.66. The Labute approximate surface area is 109 Å². The molecule has 1 N–H and O–H groups in total. The summed E-state index contributed by atoms with van der Waals surface area (Å²) >= 11 is 1.32. The summed E-state index contributed by atoms with van der Waals surface area (Å²) in [5, 5.41) is 9.97. The van der Waals surface area contributed by atoms with Crippen molar-refractivity contribution >= 4 is 22.9 Å². The molecule has 1 aromatic carbocycles. The molecule has 0 saturated carbocycles. The number of anilines is 1. The van der Waals surface area contributed by atoms with Crippen LogP contribution in [0.25, 0.3) is 0 Å². The van der Waals surface area contributed by atoms with Crippen LogP contribution in [0.3, 0.4) is 0 Å². The van der Waals surface area contributed by atoms with E-state index in [-0.39, 0.29) is 11.7 Å². The minimum absolute atomic E-state index is 0.0834. The number of amides is 1. The third-order valence-electron chi connectivity index (χ3n) is 3.08. The molecule has 0 spiro atoms. The van der Waals surface area contributed by atoms with Gasteiger partial charge >= 0.3 is 0 Å². The molecule has 1 aliphatic heterocycles. The van der Waals surface area contributed by atoms with Gasteiger partial charge in [-0.3, -0.25) is 9.78 Å². The van der Waals surface area contributed by atoms with Gasteiger partial charge in [-0.1, -0.05) is 12.1 Å². The smallest absolute Gasteiger partial charge is 0.270 e. The Hall–Kier alpha value is -1.88. The highest BCUT2D eigenvalue weighted by atomic mass is 32.1. The first kappa shape index (κ1) is 11.2. The number of nitrogens with zero attached hydrogens (tertiary/aromatic N) is 2. The van der Waals surface area contributed by atoms with Gasteiger partial charge in [-0.05, 0) is 24.5 Å². The summed E-state index contributed by atoms with van der Waals surface area (Å²) in [6.45, 7) is 0.640. The highest BCUT2D eigenvalue weighted by Gasteiger charge is 2.26. The number of hydrogen-bond donors (Lipinski definition) is 1. The van der Waals surface area contributed by atoms with Crippen molar-refractivity contribution in [2.45, 2.75) is 12.8 Å². The summed E-state index contributed by atoms with van der Waals surface area (Å²) in [6.07, 6.45) is 3.39. The molecule has 0 saturated heterocycles. The van der Waals surface area contributed by atoms with Gasteiger partial charge in [0.05, 0.1) is 17.4 Å². The molecule has 92 valence electrons. The molecule has 3 rings (SSSR count). The second kappa shape index (κ2) is 4.42. The third-order valence-corrected chi connectivity index (χ3v) is 3.85. The van der Waals surface area contributed by atoms with Crippen LogP contribution in [0, 0.1) is 0 Å². The number of carbonyl (C=O) groups excluding carboxylic acids is 1. The lowest BCUT2D eigenvalue weighted by Crippen LogP contribution is -2.35. The number of carbonyl (C=O) groups is 1.